The Hall–Kier alpha value is -1.97. The summed E-state index contributed by atoms with van der Waals surface area (Å²) in [7, 11) is 1.92. The van der Waals surface area contributed by atoms with Gasteiger partial charge in [-0.3, -0.25) is 19.2 Å². The predicted octanol–water partition coefficient (Wildman–Crippen LogP) is 0.399. The molecule has 9 heteroatoms. The molecule has 3 aliphatic rings. The van der Waals surface area contributed by atoms with E-state index < -0.39 is 0 Å². The van der Waals surface area contributed by atoms with Crippen molar-refractivity contribution in [3.8, 4) is 0 Å². The number of hydrogen-bond acceptors (Lipinski definition) is 6. The second-order valence-corrected chi connectivity index (χ2v) is 9.35. The van der Waals surface area contributed by atoms with E-state index in [2.05, 4.69) is 15.3 Å². The topological polar surface area (TPSA) is 88.9 Å². The Morgan fingerprint density at radius 3 is 2.71 bits per heavy atom. The zero-order chi connectivity index (χ0) is 22.0. The quantitative estimate of drug-likeness (QED) is 0.670. The van der Waals surface area contributed by atoms with Gasteiger partial charge in [0.15, 0.2) is 0 Å². The highest BCUT2D eigenvalue weighted by Crippen LogP contribution is 2.42. The van der Waals surface area contributed by atoms with Gasteiger partial charge in [0.2, 0.25) is 11.8 Å². The van der Waals surface area contributed by atoms with Gasteiger partial charge in [0, 0.05) is 69.4 Å². The summed E-state index contributed by atoms with van der Waals surface area (Å²) in [4.78, 5) is 29.7. The van der Waals surface area contributed by atoms with Gasteiger partial charge >= 0.3 is 0 Å². The van der Waals surface area contributed by atoms with E-state index in [1.54, 1.807) is 0 Å². The number of morpholine rings is 1. The number of ether oxygens (including phenoxy) is 2. The second-order valence-electron chi connectivity index (χ2n) is 9.35. The maximum Gasteiger partial charge on any atom is 0.225 e. The van der Waals surface area contributed by atoms with Crippen molar-refractivity contribution in [2.45, 2.75) is 51.4 Å². The summed E-state index contributed by atoms with van der Waals surface area (Å²) in [5.74, 6) is 0.558. The molecule has 9 nitrogen and oxygen atoms in total. The van der Waals surface area contributed by atoms with Crippen molar-refractivity contribution in [1.29, 1.82) is 0 Å². The van der Waals surface area contributed by atoms with Crippen LogP contribution in [-0.4, -0.2) is 89.0 Å². The Labute approximate surface area is 184 Å². The van der Waals surface area contributed by atoms with Crippen molar-refractivity contribution >= 4 is 11.8 Å². The monoisotopic (exact) mass is 433 g/mol. The molecule has 2 amide bonds. The molecular weight excluding hydrogens is 398 g/mol. The third-order valence-corrected chi connectivity index (χ3v) is 6.62. The SMILES string of the molecule is CC(C)NC(=O)C[C@@H]1CN(Cc2cnn(C)c2)[C@@H]2CO[C@@H](CC(=O)N3CCOCC3)[C@H]12. The van der Waals surface area contributed by atoms with Gasteiger partial charge in [0.1, 0.15) is 0 Å². The minimum atomic E-state index is -0.143. The lowest BCUT2D eigenvalue weighted by Crippen LogP contribution is -2.43. The molecule has 0 radical (unpaired) electrons. The van der Waals surface area contributed by atoms with Crippen molar-refractivity contribution in [3.63, 3.8) is 0 Å². The number of likely N-dealkylation sites (tertiary alicyclic amines) is 1. The maximum absolute atomic E-state index is 12.9. The predicted molar refractivity (Wildman–Crippen MR) is 114 cm³/mol. The van der Waals surface area contributed by atoms with Crippen LogP contribution in [0.1, 0.15) is 32.3 Å². The number of amides is 2. The number of aromatic nitrogens is 2. The summed E-state index contributed by atoms with van der Waals surface area (Å²) < 4.78 is 13.4. The van der Waals surface area contributed by atoms with E-state index in [1.165, 1.54) is 0 Å². The first kappa shape index (κ1) is 22.2. The molecule has 3 fully saturated rings. The lowest BCUT2D eigenvalue weighted by atomic mass is 9.84. The van der Waals surface area contributed by atoms with Gasteiger partial charge in [-0.2, -0.15) is 5.10 Å². The molecule has 31 heavy (non-hydrogen) atoms. The highest BCUT2D eigenvalue weighted by Gasteiger charge is 2.51. The second kappa shape index (κ2) is 9.67. The zero-order valence-corrected chi connectivity index (χ0v) is 18.8. The largest absolute Gasteiger partial charge is 0.378 e. The van der Waals surface area contributed by atoms with Crippen molar-refractivity contribution in [2.24, 2.45) is 18.9 Å². The van der Waals surface area contributed by atoms with E-state index in [4.69, 9.17) is 9.47 Å². The third kappa shape index (κ3) is 5.27. The fourth-order valence-electron chi connectivity index (χ4n) is 5.32. The maximum atomic E-state index is 12.9. The molecule has 1 aromatic heterocycles. The summed E-state index contributed by atoms with van der Waals surface area (Å²) in [6, 6.07) is 0.342. The molecular formula is C22H35N5O4. The van der Waals surface area contributed by atoms with Gasteiger partial charge < -0.3 is 19.7 Å². The molecule has 3 saturated heterocycles. The lowest BCUT2D eigenvalue weighted by molar-refractivity contribution is -0.138. The lowest BCUT2D eigenvalue weighted by Gasteiger charge is -2.29. The van der Waals surface area contributed by atoms with Crippen LogP contribution in [0.2, 0.25) is 0 Å². The molecule has 4 atom stereocenters. The van der Waals surface area contributed by atoms with E-state index in [-0.39, 0.29) is 41.8 Å². The Bertz CT molecular complexity index is 776. The number of aryl methyl sites for hydroxylation is 1. The number of carbonyl (C=O) groups is 2. The van der Waals surface area contributed by atoms with Gasteiger partial charge in [-0.25, -0.2) is 0 Å². The fourth-order valence-corrected chi connectivity index (χ4v) is 5.32. The summed E-state index contributed by atoms with van der Waals surface area (Å²) >= 11 is 0. The molecule has 0 unspecified atom stereocenters. The van der Waals surface area contributed by atoms with E-state index in [9.17, 15) is 9.59 Å². The van der Waals surface area contributed by atoms with Crippen molar-refractivity contribution < 1.29 is 19.1 Å². The number of carbonyl (C=O) groups excluding carboxylic acids is 2. The van der Waals surface area contributed by atoms with Crippen molar-refractivity contribution in [2.75, 3.05) is 39.5 Å². The van der Waals surface area contributed by atoms with Crippen LogP contribution in [0.5, 0.6) is 0 Å². The minimum Gasteiger partial charge on any atom is -0.378 e. The first-order chi connectivity index (χ1) is 14.9. The van der Waals surface area contributed by atoms with Crippen LogP contribution in [0.15, 0.2) is 12.4 Å². The molecule has 1 N–H and O–H groups in total. The molecule has 172 valence electrons. The van der Waals surface area contributed by atoms with Gasteiger partial charge in [-0.1, -0.05) is 0 Å². The molecule has 0 aromatic carbocycles. The van der Waals surface area contributed by atoms with Crippen LogP contribution in [0, 0.1) is 11.8 Å². The number of rotatable bonds is 7. The first-order valence-electron chi connectivity index (χ1n) is 11.4. The summed E-state index contributed by atoms with van der Waals surface area (Å²) in [5, 5.41) is 7.31. The number of fused-ring (bicyclic) bond motifs is 1. The molecule has 4 rings (SSSR count). The van der Waals surface area contributed by atoms with Gasteiger partial charge in [0.25, 0.3) is 0 Å². The van der Waals surface area contributed by atoms with Crippen LogP contribution in [0.25, 0.3) is 0 Å². The van der Waals surface area contributed by atoms with Crippen LogP contribution in [-0.2, 0) is 32.7 Å². The number of nitrogens with zero attached hydrogens (tertiary/aromatic N) is 4. The van der Waals surface area contributed by atoms with Gasteiger partial charge in [0.05, 0.1) is 38.5 Å². The highest BCUT2D eigenvalue weighted by molar-refractivity contribution is 5.77. The molecule has 0 spiro atoms. The number of nitrogens with one attached hydrogen (secondary N) is 1. The van der Waals surface area contributed by atoms with Crippen LogP contribution < -0.4 is 5.32 Å². The van der Waals surface area contributed by atoms with Gasteiger partial charge in [-0.15, -0.1) is 0 Å². The molecule has 0 bridgehead atoms. The Balaban J connectivity index is 1.46. The van der Waals surface area contributed by atoms with Gasteiger partial charge in [-0.05, 0) is 19.8 Å². The van der Waals surface area contributed by atoms with Crippen molar-refractivity contribution in [3.05, 3.63) is 18.0 Å². The summed E-state index contributed by atoms with van der Waals surface area (Å²) in [5.41, 5.74) is 1.15. The first-order valence-corrected chi connectivity index (χ1v) is 11.4. The molecule has 4 heterocycles. The summed E-state index contributed by atoms with van der Waals surface area (Å²) in [6.45, 7) is 8.67. The normalized spacial score (nSPS) is 28.8. The Kier molecular flexibility index (Phi) is 6.93. The van der Waals surface area contributed by atoms with Crippen LogP contribution >= 0.6 is 0 Å². The standard InChI is InChI=1S/C22H35N5O4/c1-15(2)24-20(28)8-17-13-27(12-16-10-23-25(3)11-16)18-14-31-19(22(17)18)9-21(29)26-4-6-30-7-5-26/h10-11,15,17-19,22H,4-9,12-14H2,1-3H3,(H,24,28)/t17-,18-,19+,22-/m1/s1. The molecule has 0 saturated carbocycles. The van der Waals surface area contributed by atoms with E-state index in [1.807, 2.05) is 42.9 Å². The molecule has 3 aliphatic heterocycles. The van der Waals surface area contributed by atoms with E-state index in [0.717, 1.165) is 18.7 Å². The average Bonchev–Trinajstić information content (AvgIpc) is 3.41. The van der Waals surface area contributed by atoms with Crippen LogP contribution in [0.4, 0.5) is 0 Å². The minimum absolute atomic E-state index is 0.0760. The Morgan fingerprint density at radius 1 is 1.26 bits per heavy atom. The highest BCUT2D eigenvalue weighted by atomic mass is 16.5. The average molecular weight is 434 g/mol. The van der Waals surface area contributed by atoms with E-state index in [0.29, 0.717) is 45.8 Å². The summed E-state index contributed by atoms with van der Waals surface area (Å²) in [6.07, 6.45) is 4.63. The smallest absolute Gasteiger partial charge is 0.225 e. The fraction of sp³-hybridized carbons (Fsp3) is 0.773. The van der Waals surface area contributed by atoms with Crippen LogP contribution in [0.3, 0.4) is 0 Å². The van der Waals surface area contributed by atoms with Crippen molar-refractivity contribution in [1.82, 2.24) is 24.9 Å². The van der Waals surface area contributed by atoms with E-state index >= 15 is 0 Å². The molecule has 1 aromatic rings. The zero-order valence-electron chi connectivity index (χ0n) is 18.8. The third-order valence-electron chi connectivity index (χ3n) is 6.62. The number of hydrogen-bond donors (Lipinski definition) is 1. The Morgan fingerprint density at radius 2 is 2.03 bits per heavy atom. The molecule has 0 aliphatic carbocycles.